The summed E-state index contributed by atoms with van der Waals surface area (Å²) in [6.45, 7) is 3.48. The standard InChI is InChI=1S/C6H8ClN/c1-2-3-4-5-6-8-7/h2-6,8H,1H2/b4-3-,6-5-. The number of nitrogens with one attached hydrogen (secondary N) is 1. The highest BCUT2D eigenvalue weighted by molar-refractivity contribution is 6.14. The second-order valence-corrected chi connectivity index (χ2v) is 1.31. The van der Waals surface area contributed by atoms with Crippen LogP contribution >= 0.6 is 11.8 Å². The van der Waals surface area contributed by atoms with Crippen molar-refractivity contribution in [3.05, 3.63) is 37.1 Å². The predicted molar refractivity (Wildman–Crippen MR) is 37.5 cm³/mol. The van der Waals surface area contributed by atoms with Crippen molar-refractivity contribution >= 4 is 11.8 Å². The molecule has 0 fully saturated rings. The lowest BCUT2D eigenvalue weighted by molar-refractivity contribution is 1.39. The molecule has 0 spiro atoms. The molecule has 0 aliphatic heterocycles. The first-order valence-corrected chi connectivity index (χ1v) is 2.60. The van der Waals surface area contributed by atoms with Crippen molar-refractivity contribution in [1.82, 2.24) is 4.84 Å². The molecule has 0 bridgehead atoms. The summed E-state index contributed by atoms with van der Waals surface area (Å²) in [7, 11) is 0. The maximum atomic E-state index is 5.08. The average Bonchev–Trinajstić information content (AvgIpc) is 1.81. The third-order valence-electron chi connectivity index (χ3n) is 0.518. The second kappa shape index (κ2) is 6.31. The van der Waals surface area contributed by atoms with Crippen LogP contribution in [-0.4, -0.2) is 0 Å². The Bertz CT molecular complexity index is 105. The zero-order valence-electron chi connectivity index (χ0n) is 4.47. The molecule has 0 aromatic heterocycles. The quantitative estimate of drug-likeness (QED) is 0.454. The van der Waals surface area contributed by atoms with E-state index >= 15 is 0 Å². The highest BCUT2D eigenvalue weighted by atomic mass is 35.5. The topological polar surface area (TPSA) is 12.0 Å². The fourth-order valence-electron chi connectivity index (χ4n) is 0.235. The summed E-state index contributed by atoms with van der Waals surface area (Å²) >= 11 is 5.08. The van der Waals surface area contributed by atoms with Gasteiger partial charge in [-0.2, -0.15) is 0 Å². The van der Waals surface area contributed by atoms with Crippen LogP contribution in [0.2, 0.25) is 0 Å². The molecule has 0 heterocycles. The molecule has 0 aromatic rings. The van der Waals surface area contributed by atoms with E-state index in [-0.39, 0.29) is 0 Å². The molecular weight excluding hydrogens is 122 g/mol. The molecule has 1 nitrogen and oxygen atoms in total. The van der Waals surface area contributed by atoms with Crippen LogP contribution in [0.3, 0.4) is 0 Å². The molecule has 2 heteroatoms. The molecule has 0 saturated carbocycles. The molecule has 0 aliphatic rings. The lowest BCUT2D eigenvalue weighted by atomic mass is 10.5. The van der Waals surface area contributed by atoms with Gasteiger partial charge >= 0.3 is 0 Å². The Hall–Kier alpha value is -0.690. The Balaban J connectivity index is 3.26. The second-order valence-electron chi connectivity index (χ2n) is 1.09. The van der Waals surface area contributed by atoms with Gasteiger partial charge in [0, 0.05) is 18.0 Å². The first-order valence-electron chi connectivity index (χ1n) is 2.22. The van der Waals surface area contributed by atoms with Crippen LogP contribution in [0, 0.1) is 0 Å². The van der Waals surface area contributed by atoms with E-state index in [1.807, 2.05) is 12.2 Å². The zero-order valence-corrected chi connectivity index (χ0v) is 5.23. The van der Waals surface area contributed by atoms with Gasteiger partial charge in [0.05, 0.1) is 0 Å². The Morgan fingerprint density at radius 3 is 2.50 bits per heavy atom. The molecule has 8 heavy (non-hydrogen) atoms. The van der Waals surface area contributed by atoms with Gasteiger partial charge in [-0.15, -0.1) is 0 Å². The van der Waals surface area contributed by atoms with Crippen LogP contribution in [0.4, 0.5) is 0 Å². The lowest BCUT2D eigenvalue weighted by Crippen LogP contribution is -1.77. The van der Waals surface area contributed by atoms with Crippen LogP contribution in [0.25, 0.3) is 0 Å². The van der Waals surface area contributed by atoms with E-state index in [1.54, 1.807) is 18.4 Å². The number of hydrogen-bond acceptors (Lipinski definition) is 1. The van der Waals surface area contributed by atoms with E-state index < -0.39 is 0 Å². The van der Waals surface area contributed by atoms with Crippen molar-refractivity contribution in [3.8, 4) is 0 Å². The molecule has 0 radical (unpaired) electrons. The predicted octanol–water partition coefficient (Wildman–Crippen LogP) is 1.99. The minimum Gasteiger partial charge on any atom is -0.306 e. The summed E-state index contributed by atoms with van der Waals surface area (Å²) < 4.78 is 0. The van der Waals surface area contributed by atoms with E-state index in [1.165, 1.54) is 0 Å². The minimum atomic E-state index is 1.61. The molecule has 0 amide bonds. The number of hydrogen-bond donors (Lipinski definition) is 1. The molecule has 1 N–H and O–H groups in total. The molecule has 0 aromatic carbocycles. The maximum Gasteiger partial charge on any atom is 0.0128 e. The summed E-state index contributed by atoms with van der Waals surface area (Å²) in [6, 6.07) is 0. The van der Waals surface area contributed by atoms with Gasteiger partial charge in [-0.1, -0.05) is 24.8 Å². The van der Waals surface area contributed by atoms with Crippen LogP contribution in [0.1, 0.15) is 0 Å². The van der Waals surface area contributed by atoms with Gasteiger partial charge in [0.25, 0.3) is 0 Å². The van der Waals surface area contributed by atoms with Gasteiger partial charge in [-0.05, 0) is 6.08 Å². The van der Waals surface area contributed by atoms with Crippen LogP contribution < -0.4 is 4.84 Å². The van der Waals surface area contributed by atoms with Crippen molar-refractivity contribution < 1.29 is 0 Å². The molecule has 0 atom stereocenters. The molecule has 0 saturated heterocycles. The van der Waals surface area contributed by atoms with Gasteiger partial charge in [-0.25, -0.2) is 0 Å². The Labute approximate surface area is 54.5 Å². The Kier molecular flexibility index (Phi) is 5.77. The first-order chi connectivity index (χ1) is 3.91. The lowest BCUT2D eigenvalue weighted by Gasteiger charge is -1.74. The smallest absolute Gasteiger partial charge is 0.0128 e. The monoisotopic (exact) mass is 129 g/mol. The third-order valence-corrected chi connectivity index (χ3v) is 0.644. The van der Waals surface area contributed by atoms with Gasteiger partial charge < -0.3 is 4.84 Å². The van der Waals surface area contributed by atoms with Gasteiger partial charge in [0.15, 0.2) is 0 Å². The third kappa shape index (κ3) is 5.31. The minimum absolute atomic E-state index is 1.61. The highest BCUT2D eigenvalue weighted by Gasteiger charge is 1.57. The largest absolute Gasteiger partial charge is 0.306 e. The van der Waals surface area contributed by atoms with E-state index in [2.05, 4.69) is 11.4 Å². The SMILES string of the molecule is C=C/C=C\C=C/NCl. The number of allylic oxidation sites excluding steroid dienone is 4. The van der Waals surface area contributed by atoms with Crippen molar-refractivity contribution in [2.45, 2.75) is 0 Å². The summed E-state index contributed by atoms with van der Waals surface area (Å²) in [6.07, 6.45) is 8.71. The zero-order chi connectivity index (χ0) is 6.24. The fraction of sp³-hybridized carbons (Fsp3) is 0. The van der Waals surface area contributed by atoms with E-state index in [4.69, 9.17) is 11.8 Å². The van der Waals surface area contributed by atoms with Crippen molar-refractivity contribution in [2.75, 3.05) is 0 Å². The first kappa shape index (κ1) is 7.31. The Morgan fingerprint density at radius 1 is 1.25 bits per heavy atom. The van der Waals surface area contributed by atoms with E-state index in [9.17, 15) is 0 Å². The van der Waals surface area contributed by atoms with Crippen LogP contribution in [-0.2, 0) is 0 Å². The molecule has 0 rings (SSSR count). The highest BCUT2D eigenvalue weighted by Crippen LogP contribution is 1.75. The molecular formula is C6H8ClN. The fourth-order valence-corrected chi connectivity index (χ4v) is 0.307. The van der Waals surface area contributed by atoms with Crippen LogP contribution in [0.15, 0.2) is 37.1 Å². The summed E-state index contributed by atoms with van der Waals surface area (Å²) in [4.78, 5) is 2.33. The van der Waals surface area contributed by atoms with Gasteiger partial charge in [0.1, 0.15) is 0 Å². The summed E-state index contributed by atoms with van der Waals surface area (Å²) in [5.74, 6) is 0. The molecule has 44 valence electrons. The van der Waals surface area contributed by atoms with Gasteiger partial charge in [0.2, 0.25) is 0 Å². The van der Waals surface area contributed by atoms with E-state index in [0.29, 0.717) is 0 Å². The van der Waals surface area contributed by atoms with Crippen molar-refractivity contribution in [3.63, 3.8) is 0 Å². The van der Waals surface area contributed by atoms with Crippen molar-refractivity contribution in [2.24, 2.45) is 0 Å². The van der Waals surface area contributed by atoms with E-state index in [0.717, 1.165) is 0 Å². The summed E-state index contributed by atoms with van der Waals surface area (Å²) in [5, 5.41) is 0. The maximum absolute atomic E-state index is 5.08. The van der Waals surface area contributed by atoms with Crippen LogP contribution in [0.5, 0.6) is 0 Å². The van der Waals surface area contributed by atoms with Crippen molar-refractivity contribution in [1.29, 1.82) is 0 Å². The number of rotatable bonds is 3. The number of halogens is 1. The summed E-state index contributed by atoms with van der Waals surface area (Å²) in [5.41, 5.74) is 0. The Morgan fingerprint density at radius 2 is 2.00 bits per heavy atom. The molecule has 0 aliphatic carbocycles. The average molecular weight is 130 g/mol. The normalized spacial score (nSPS) is 10.6. The molecule has 0 unspecified atom stereocenters. The van der Waals surface area contributed by atoms with Gasteiger partial charge in [-0.3, -0.25) is 0 Å².